The van der Waals surface area contributed by atoms with Gasteiger partial charge in [0.25, 0.3) is 0 Å². The van der Waals surface area contributed by atoms with Gasteiger partial charge in [0.1, 0.15) is 0 Å². The normalized spacial score (nSPS) is 12.4. The zero-order valence-corrected chi connectivity index (χ0v) is 75.2. The predicted molar refractivity (Wildman–Crippen MR) is 578 cm³/mol. The summed E-state index contributed by atoms with van der Waals surface area (Å²) in [5.41, 5.74) is 38.7. The first-order valence-corrected chi connectivity index (χ1v) is 47.6. The summed E-state index contributed by atoms with van der Waals surface area (Å²) in [5.74, 6) is 0.627. The van der Waals surface area contributed by atoms with Gasteiger partial charge in [0.15, 0.2) is 5.82 Å². The van der Waals surface area contributed by atoms with Gasteiger partial charge in [-0.3, -0.25) is 0 Å². The van der Waals surface area contributed by atoms with Gasteiger partial charge in [0.05, 0.1) is 77.6 Å². The molecule has 0 spiro atoms. The van der Waals surface area contributed by atoms with E-state index in [2.05, 4.69) is 513 Å². The minimum Gasteiger partial charge on any atom is -0.310 e. The fourth-order valence-electron chi connectivity index (χ4n) is 22.4. The van der Waals surface area contributed by atoms with E-state index in [9.17, 15) is 0 Å². The minimum atomic E-state index is 0.627. The zero-order chi connectivity index (χ0) is 90.6. The molecule has 1 aliphatic rings. The average molecular weight is 1760 g/mol. The van der Waals surface area contributed by atoms with Crippen molar-refractivity contribution in [2.24, 2.45) is 0 Å². The second-order valence-corrected chi connectivity index (χ2v) is 36.6. The van der Waals surface area contributed by atoms with E-state index in [1.807, 2.05) is 0 Å². The van der Waals surface area contributed by atoms with Crippen molar-refractivity contribution >= 4 is 137 Å². The first-order valence-electron chi connectivity index (χ1n) is 47.6. The van der Waals surface area contributed by atoms with Gasteiger partial charge in [0.2, 0.25) is 0 Å². The van der Waals surface area contributed by atoms with Crippen molar-refractivity contribution in [1.29, 1.82) is 0 Å². The van der Waals surface area contributed by atoms with Crippen molar-refractivity contribution in [3.05, 3.63) is 485 Å². The Balaban J connectivity index is 0.592. The Morgan fingerprint density at radius 3 is 0.725 bits per heavy atom. The third kappa shape index (κ3) is 12.8. The highest BCUT2D eigenvalue weighted by Gasteiger charge is 2.26. The molecule has 0 N–H and O–H groups in total. The maximum atomic E-state index is 5.74. The number of nitrogens with zero attached hydrogens (tertiary/aromatic N) is 8. The zero-order valence-electron chi connectivity index (χ0n) is 75.2. The lowest BCUT2D eigenvalue weighted by molar-refractivity contribution is 1.02. The van der Waals surface area contributed by atoms with Crippen LogP contribution in [-0.2, 0) is 0 Å². The molecule has 0 saturated heterocycles. The molecule has 0 amide bonds. The Morgan fingerprint density at radius 1 is 0.159 bits per heavy atom. The molecule has 0 fully saturated rings. The van der Waals surface area contributed by atoms with Crippen molar-refractivity contribution in [2.75, 3.05) is 0 Å². The highest BCUT2D eigenvalue weighted by atomic mass is 15.0. The number of para-hydroxylation sites is 7. The van der Waals surface area contributed by atoms with Gasteiger partial charge in [-0.15, -0.1) is 0 Å². The summed E-state index contributed by atoms with van der Waals surface area (Å²) in [5, 5.41) is 14.5. The first-order chi connectivity index (χ1) is 68.4. The van der Waals surface area contributed by atoms with E-state index in [0.717, 1.165) is 163 Å². The molecule has 0 atom stereocenters. The monoisotopic (exact) mass is 1760 g/mol. The topological polar surface area (TPSA) is 55.4 Å². The maximum Gasteiger partial charge on any atom is 0.161 e. The highest BCUT2D eigenvalue weighted by molar-refractivity contribution is 6.18. The quantitative estimate of drug-likeness (QED) is 0.103. The van der Waals surface area contributed by atoms with Crippen molar-refractivity contribution in [3.63, 3.8) is 0 Å². The summed E-state index contributed by atoms with van der Waals surface area (Å²) in [6.45, 7) is 0. The molecule has 20 aromatic carbocycles. The number of fused-ring (bicyclic) bond motifs is 18. The molecular weight excluding hydrogens is 1670 g/mol. The molecule has 1 aliphatic carbocycles. The van der Waals surface area contributed by atoms with E-state index in [1.54, 1.807) is 0 Å². The summed E-state index contributed by atoms with van der Waals surface area (Å²) in [6.07, 6.45) is 9.05. The number of aromatic nitrogens is 8. The molecule has 0 radical (unpaired) electrons. The van der Waals surface area contributed by atoms with Crippen LogP contribution in [0.5, 0.6) is 0 Å². The minimum absolute atomic E-state index is 0.627. The highest BCUT2D eigenvalue weighted by Crippen LogP contribution is 2.48. The van der Waals surface area contributed by atoms with E-state index < -0.39 is 0 Å². The summed E-state index contributed by atoms with van der Waals surface area (Å²) >= 11 is 0. The molecule has 7 heterocycles. The second kappa shape index (κ2) is 31.7. The van der Waals surface area contributed by atoms with E-state index >= 15 is 0 Å². The molecule has 8 heteroatoms. The second-order valence-electron chi connectivity index (χ2n) is 36.6. The summed E-state index contributed by atoms with van der Waals surface area (Å²) in [7, 11) is 0. The molecule has 7 aromatic heterocycles. The molecule has 28 rings (SSSR count). The Kier molecular flexibility index (Phi) is 18.0. The van der Waals surface area contributed by atoms with Crippen molar-refractivity contribution < 1.29 is 0 Å². The standard InChI is InChI=1S/C130H84N8/c1-7-27-83(28-8-1)87-51-64-102(84-29-9-2-10-30-84)115(81-87)130-131-116(85-47-60-100(61-48-85)137-126-69-56-92(88-52-65-122-107(73-88)103-39-19-23-43-118(103)133(122)96-31-11-3-12-32-96)77-111(126)112-78-93(57-70-127(112)137)89-53-66-123-108(74-89)104-40-20-24-44-119(104)134(123)97-33-13-4-14-34-97)82-117(132-130)86-49-62-101(63-50-86)138-128-71-58-94(90-54-67-124-109(75-90)105-41-21-25-45-120(105)135(124)98-35-15-5-16-36-98)79-113(128)114-80-95(59-72-129(114)138)91-55-68-125-110(76-91)106-42-22-26-46-121(106)136(125)99-37-17-6-18-38-99/h1-5,7-17,19-82H,6,18H2. The number of benzene rings is 20. The van der Waals surface area contributed by atoms with Gasteiger partial charge in [-0.05, 0) is 280 Å². The van der Waals surface area contributed by atoms with Crippen LogP contribution in [0.4, 0.5) is 0 Å². The fourth-order valence-corrected chi connectivity index (χ4v) is 22.4. The Hall–Kier alpha value is -18.2. The molecule has 0 aliphatic heterocycles. The number of rotatable bonds is 15. The van der Waals surface area contributed by atoms with Crippen LogP contribution >= 0.6 is 0 Å². The molecule has 644 valence electrons. The third-order valence-corrected chi connectivity index (χ3v) is 28.9. The van der Waals surface area contributed by atoms with Gasteiger partial charge in [-0.25, -0.2) is 9.97 Å². The van der Waals surface area contributed by atoms with Crippen molar-refractivity contribution in [2.45, 2.75) is 12.8 Å². The fraction of sp³-hybridized carbons (Fsp3) is 0.0154. The number of hydrogen-bond acceptors (Lipinski definition) is 2. The molecule has 8 nitrogen and oxygen atoms in total. The molecule has 0 bridgehead atoms. The van der Waals surface area contributed by atoms with Gasteiger partial charge in [0, 0.05) is 115 Å². The van der Waals surface area contributed by atoms with E-state index in [1.165, 1.54) is 109 Å². The molecular formula is C130H84N8. The molecule has 0 unspecified atom stereocenters. The lowest BCUT2D eigenvalue weighted by atomic mass is 9.94. The Morgan fingerprint density at radius 2 is 0.406 bits per heavy atom. The van der Waals surface area contributed by atoms with Crippen molar-refractivity contribution in [1.82, 2.24) is 37.4 Å². The lowest BCUT2D eigenvalue weighted by Crippen LogP contribution is -1.99. The lowest BCUT2D eigenvalue weighted by Gasteiger charge is -2.15. The van der Waals surface area contributed by atoms with Crippen LogP contribution in [0.25, 0.3) is 266 Å². The van der Waals surface area contributed by atoms with Gasteiger partial charge in [-0.2, -0.15) is 0 Å². The third-order valence-electron chi connectivity index (χ3n) is 28.9. The van der Waals surface area contributed by atoms with Crippen LogP contribution in [-0.4, -0.2) is 37.4 Å². The Bertz CT molecular complexity index is 9500. The van der Waals surface area contributed by atoms with E-state index in [0.29, 0.717) is 5.82 Å². The van der Waals surface area contributed by atoms with Crippen LogP contribution in [0, 0.1) is 0 Å². The predicted octanol–water partition coefficient (Wildman–Crippen LogP) is 34.3. The number of allylic oxidation sites excluding steroid dienone is 4. The largest absolute Gasteiger partial charge is 0.310 e. The smallest absolute Gasteiger partial charge is 0.161 e. The van der Waals surface area contributed by atoms with Gasteiger partial charge in [-0.1, -0.05) is 285 Å². The van der Waals surface area contributed by atoms with Crippen LogP contribution in [0.3, 0.4) is 0 Å². The summed E-state index contributed by atoms with van der Waals surface area (Å²) in [4.78, 5) is 11.5. The average Bonchev–Trinajstić information content (AvgIpc) is 1.63. The SMILES string of the molecule is C1=CC(n2c3ccccc3c3cc(-c4ccc5c(c4)c4cc(-c6ccc7c(c6)c6ccccc6n7-c6ccccc6)ccc4n5-c4ccc(-c5cc(-c6ccc(-n7c8ccc(-c9ccc%10c(c9)c9ccccc9n%10-c9ccccc9)cc8c8cc(-c9ccc%10c(c9)c9ccccc9n%10-c9ccccc9)ccc87)cc6)nc(-c6cc(-c7ccccc7)ccc6-c6ccccc6)n5)cc4)ccc32)=CCC1. The Labute approximate surface area is 795 Å². The maximum absolute atomic E-state index is 5.74. The summed E-state index contributed by atoms with van der Waals surface area (Å²) < 4.78 is 14.5. The molecule has 138 heavy (non-hydrogen) atoms. The summed E-state index contributed by atoms with van der Waals surface area (Å²) in [6, 6.07) is 172. The van der Waals surface area contributed by atoms with Crippen LogP contribution in [0.2, 0.25) is 0 Å². The first kappa shape index (κ1) is 78.4. The van der Waals surface area contributed by atoms with Gasteiger partial charge >= 0.3 is 0 Å². The van der Waals surface area contributed by atoms with Crippen LogP contribution in [0.1, 0.15) is 12.8 Å². The van der Waals surface area contributed by atoms with Crippen LogP contribution in [0.15, 0.2) is 485 Å². The molecule has 0 saturated carbocycles. The van der Waals surface area contributed by atoms with Crippen molar-refractivity contribution in [3.8, 4) is 129 Å². The molecule has 27 aromatic rings. The number of hydrogen-bond donors (Lipinski definition) is 0. The van der Waals surface area contributed by atoms with E-state index in [4.69, 9.17) is 9.97 Å². The van der Waals surface area contributed by atoms with Gasteiger partial charge < -0.3 is 27.4 Å². The van der Waals surface area contributed by atoms with Crippen LogP contribution < -0.4 is 0 Å². The van der Waals surface area contributed by atoms with E-state index in [-0.39, 0.29) is 0 Å².